The lowest BCUT2D eigenvalue weighted by Crippen LogP contribution is -2.22. The second-order valence-electron chi connectivity index (χ2n) is 6.31. The van der Waals surface area contributed by atoms with E-state index in [4.69, 9.17) is 9.73 Å². The second kappa shape index (κ2) is 8.83. The number of benzene rings is 2. The molecule has 0 aliphatic heterocycles. The molecule has 148 valence electrons. The highest BCUT2D eigenvalue weighted by Crippen LogP contribution is 2.25. The standard InChI is InChI=1S/C20H23N3O3S2/c1-22(2)28(24,25)18-11-7-8-16(14-18)19-15-27-20(23(19)12-13-26-3)21-17-9-5-4-6-10-17/h4-11,14-15H,12-13H2,1-3H3. The summed E-state index contributed by atoms with van der Waals surface area (Å²) >= 11 is 1.52. The summed E-state index contributed by atoms with van der Waals surface area (Å²) in [6.07, 6.45) is 0. The van der Waals surface area contributed by atoms with E-state index in [2.05, 4.69) is 4.57 Å². The fraction of sp³-hybridized carbons (Fsp3) is 0.250. The fourth-order valence-electron chi connectivity index (χ4n) is 2.69. The third-order valence-electron chi connectivity index (χ3n) is 4.21. The van der Waals surface area contributed by atoms with Gasteiger partial charge in [0.25, 0.3) is 0 Å². The minimum absolute atomic E-state index is 0.265. The van der Waals surface area contributed by atoms with Gasteiger partial charge in [0, 0.05) is 38.7 Å². The van der Waals surface area contributed by atoms with Crippen molar-refractivity contribution in [2.45, 2.75) is 11.4 Å². The van der Waals surface area contributed by atoms with Gasteiger partial charge < -0.3 is 9.30 Å². The van der Waals surface area contributed by atoms with E-state index < -0.39 is 10.0 Å². The molecule has 0 saturated carbocycles. The summed E-state index contributed by atoms with van der Waals surface area (Å²) in [6.45, 7) is 1.15. The number of thiazole rings is 1. The maximum Gasteiger partial charge on any atom is 0.242 e. The van der Waals surface area contributed by atoms with Gasteiger partial charge in [-0.05, 0) is 24.3 Å². The lowest BCUT2D eigenvalue weighted by Gasteiger charge is -2.13. The molecule has 0 spiro atoms. The number of para-hydroxylation sites is 1. The molecule has 28 heavy (non-hydrogen) atoms. The van der Waals surface area contributed by atoms with E-state index in [-0.39, 0.29) is 4.90 Å². The molecular formula is C20H23N3O3S2. The summed E-state index contributed by atoms with van der Waals surface area (Å²) in [7, 11) is 1.22. The Labute approximate surface area is 169 Å². The molecule has 0 N–H and O–H groups in total. The number of hydrogen-bond donors (Lipinski definition) is 0. The molecule has 8 heteroatoms. The van der Waals surface area contributed by atoms with Crippen LogP contribution in [0.3, 0.4) is 0 Å². The first-order valence-electron chi connectivity index (χ1n) is 8.73. The highest BCUT2D eigenvalue weighted by atomic mass is 32.2. The highest BCUT2D eigenvalue weighted by molar-refractivity contribution is 7.89. The van der Waals surface area contributed by atoms with E-state index in [0.29, 0.717) is 13.2 Å². The van der Waals surface area contributed by atoms with Gasteiger partial charge in [0.2, 0.25) is 10.0 Å². The Hall–Kier alpha value is -2.26. The van der Waals surface area contributed by atoms with Crippen LogP contribution in [0.2, 0.25) is 0 Å². The first-order valence-corrected chi connectivity index (χ1v) is 11.1. The zero-order chi connectivity index (χ0) is 20.1. The van der Waals surface area contributed by atoms with Crippen molar-refractivity contribution in [3.63, 3.8) is 0 Å². The van der Waals surface area contributed by atoms with Crippen molar-refractivity contribution in [3.05, 3.63) is 64.8 Å². The monoisotopic (exact) mass is 417 g/mol. The van der Waals surface area contributed by atoms with E-state index in [1.807, 2.05) is 41.8 Å². The minimum Gasteiger partial charge on any atom is -0.383 e. The SMILES string of the molecule is COCCn1c(-c2cccc(S(=O)(=O)N(C)C)c2)csc1=Nc1ccccc1. The summed E-state index contributed by atoms with van der Waals surface area (Å²) in [4.78, 5) is 5.84. The van der Waals surface area contributed by atoms with Crippen LogP contribution in [0.25, 0.3) is 11.3 Å². The molecule has 0 unspecified atom stereocenters. The summed E-state index contributed by atoms with van der Waals surface area (Å²) in [5, 5.41) is 2.00. The molecule has 1 aromatic heterocycles. The van der Waals surface area contributed by atoms with Crippen LogP contribution in [0.1, 0.15) is 0 Å². The number of rotatable bonds is 7. The zero-order valence-electron chi connectivity index (χ0n) is 16.1. The lowest BCUT2D eigenvalue weighted by atomic mass is 10.2. The number of nitrogens with zero attached hydrogens (tertiary/aromatic N) is 3. The van der Waals surface area contributed by atoms with Crippen LogP contribution in [0.5, 0.6) is 0 Å². The van der Waals surface area contributed by atoms with Crippen molar-refractivity contribution >= 4 is 27.0 Å². The Morgan fingerprint density at radius 3 is 2.54 bits per heavy atom. The molecule has 1 heterocycles. The smallest absolute Gasteiger partial charge is 0.242 e. The normalized spacial score (nSPS) is 12.6. The molecule has 0 aliphatic carbocycles. The Morgan fingerprint density at radius 2 is 1.86 bits per heavy atom. The first-order chi connectivity index (χ1) is 13.4. The predicted molar refractivity (Wildman–Crippen MR) is 112 cm³/mol. The number of sulfonamides is 1. The van der Waals surface area contributed by atoms with Gasteiger partial charge in [0.15, 0.2) is 4.80 Å². The van der Waals surface area contributed by atoms with Gasteiger partial charge in [0.1, 0.15) is 0 Å². The molecule has 6 nitrogen and oxygen atoms in total. The molecule has 3 rings (SSSR count). The maximum atomic E-state index is 12.5. The molecule has 0 saturated heterocycles. The topological polar surface area (TPSA) is 63.9 Å². The van der Waals surface area contributed by atoms with Crippen LogP contribution in [-0.2, 0) is 21.3 Å². The number of hydrogen-bond acceptors (Lipinski definition) is 5. The molecule has 0 atom stereocenters. The van der Waals surface area contributed by atoms with E-state index in [9.17, 15) is 8.42 Å². The number of ether oxygens (including phenoxy) is 1. The molecule has 0 bridgehead atoms. The van der Waals surface area contributed by atoms with Crippen LogP contribution in [0.15, 0.2) is 69.9 Å². The van der Waals surface area contributed by atoms with Crippen molar-refractivity contribution in [2.24, 2.45) is 4.99 Å². The number of aromatic nitrogens is 1. The average Bonchev–Trinajstić information content (AvgIpc) is 3.09. The van der Waals surface area contributed by atoms with Crippen molar-refractivity contribution in [1.82, 2.24) is 8.87 Å². The van der Waals surface area contributed by atoms with Gasteiger partial charge in [-0.25, -0.2) is 17.7 Å². The predicted octanol–water partition coefficient (Wildman–Crippen LogP) is 3.35. The lowest BCUT2D eigenvalue weighted by molar-refractivity contribution is 0.187. The highest BCUT2D eigenvalue weighted by Gasteiger charge is 2.18. The van der Waals surface area contributed by atoms with E-state index >= 15 is 0 Å². The van der Waals surface area contributed by atoms with E-state index in [1.165, 1.54) is 29.7 Å². The van der Waals surface area contributed by atoms with Crippen LogP contribution in [-0.4, -0.2) is 45.1 Å². The van der Waals surface area contributed by atoms with Crippen LogP contribution in [0.4, 0.5) is 5.69 Å². The molecule has 0 aliphatic rings. The Balaban J connectivity index is 2.11. The number of methoxy groups -OCH3 is 1. The third kappa shape index (κ3) is 4.41. The van der Waals surface area contributed by atoms with Gasteiger partial charge in [-0.2, -0.15) is 0 Å². The Morgan fingerprint density at radius 1 is 1.11 bits per heavy atom. The molecule has 0 radical (unpaired) electrons. The second-order valence-corrected chi connectivity index (χ2v) is 9.30. The van der Waals surface area contributed by atoms with Crippen molar-refractivity contribution in [2.75, 3.05) is 27.8 Å². The molecule has 0 fully saturated rings. The summed E-state index contributed by atoms with van der Waals surface area (Å²) < 4.78 is 33.5. The maximum absolute atomic E-state index is 12.5. The summed E-state index contributed by atoms with van der Waals surface area (Å²) in [5.74, 6) is 0. The summed E-state index contributed by atoms with van der Waals surface area (Å²) in [5.41, 5.74) is 2.60. The quantitative estimate of drug-likeness (QED) is 0.592. The Bertz CT molecular complexity index is 1100. The first kappa shape index (κ1) is 20.5. The van der Waals surface area contributed by atoms with Gasteiger partial charge in [-0.15, -0.1) is 11.3 Å². The van der Waals surface area contributed by atoms with Crippen molar-refractivity contribution in [1.29, 1.82) is 0 Å². The minimum atomic E-state index is -3.50. The van der Waals surface area contributed by atoms with E-state index in [0.717, 1.165) is 21.7 Å². The van der Waals surface area contributed by atoms with Crippen LogP contribution in [0, 0.1) is 0 Å². The fourth-order valence-corrected chi connectivity index (χ4v) is 4.59. The molecule has 3 aromatic rings. The van der Waals surface area contributed by atoms with Gasteiger partial charge in [-0.3, -0.25) is 0 Å². The summed E-state index contributed by atoms with van der Waals surface area (Å²) in [6, 6.07) is 16.7. The molecule has 2 aromatic carbocycles. The third-order valence-corrected chi connectivity index (χ3v) is 6.88. The molecule has 0 amide bonds. The van der Waals surface area contributed by atoms with E-state index in [1.54, 1.807) is 25.3 Å². The zero-order valence-corrected chi connectivity index (χ0v) is 17.7. The van der Waals surface area contributed by atoms with Gasteiger partial charge in [0.05, 0.1) is 22.9 Å². The molecular weight excluding hydrogens is 394 g/mol. The Kier molecular flexibility index (Phi) is 6.46. The average molecular weight is 418 g/mol. The van der Waals surface area contributed by atoms with Crippen LogP contribution < -0.4 is 4.80 Å². The van der Waals surface area contributed by atoms with Crippen LogP contribution >= 0.6 is 11.3 Å². The van der Waals surface area contributed by atoms with Crippen molar-refractivity contribution in [3.8, 4) is 11.3 Å². The van der Waals surface area contributed by atoms with Crippen molar-refractivity contribution < 1.29 is 13.2 Å². The van der Waals surface area contributed by atoms with Gasteiger partial charge in [-0.1, -0.05) is 30.3 Å². The van der Waals surface area contributed by atoms with Gasteiger partial charge >= 0.3 is 0 Å². The largest absolute Gasteiger partial charge is 0.383 e.